The summed E-state index contributed by atoms with van der Waals surface area (Å²) in [6.07, 6.45) is 2.52. The molecule has 0 aliphatic heterocycles. The van der Waals surface area contributed by atoms with Gasteiger partial charge in [0.2, 0.25) is 0 Å². The molecule has 0 aliphatic carbocycles. The first-order valence-corrected chi connectivity index (χ1v) is 6.79. The normalized spacial score (nSPS) is 16.1. The zero-order valence-electron chi connectivity index (χ0n) is 12.4. The Morgan fingerprint density at radius 2 is 1.50 bits per heavy atom. The Balaban J connectivity index is 3.83. The summed E-state index contributed by atoms with van der Waals surface area (Å²) < 4.78 is 0. The number of hydrogen-bond donors (Lipinski definition) is 1. The maximum Gasteiger partial charge on any atom is 0.00787 e. The van der Waals surface area contributed by atoms with Crippen molar-refractivity contribution < 1.29 is 0 Å². The highest BCUT2D eigenvalue weighted by atomic mass is 15.1. The predicted octanol–water partition coefficient (Wildman–Crippen LogP) is 3.13. The van der Waals surface area contributed by atoms with Gasteiger partial charge in [0.1, 0.15) is 0 Å². The highest BCUT2D eigenvalue weighted by molar-refractivity contribution is 4.72. The monoisotopic (exact) mass is 228 g/mol. The largest absolute Gasteiger partial charge is 0.314 e. The van der Waals surface area contributed by atoms with E-state index in [4.69, 9.17) is 0 Å². The van der Waals surface area contributed by atoms with Gasteiger partial charge in [-0.15, -0.1) is 0 Å². The second kappa shape index (κ2) is 8.08. The molecule has 0 saturated heterocycles. The van der Waals surface area contributed by atoms with Crippen LogP contribution in [0.5, 0.6) is 0 Å². The molecular formula is C14H32N2. The molecule has 1 N–H and O–H groups in total. The molecule has 0 aromatic rings. The second-order valence-corrected chi connectivity index (χ2v) is 5.89. The molecule has 0 aromatic heterocycles. The van der Waals surface area contributed by atoms with Crippen molar-refractivity contribution in [3.8, 4) is 0 Å². The minimum Gasteiger partial charge on any atom is -0.314 e. The molecule has 2 unspecified atom stereocenters. The van der Waals surface area contributed by atoms with Gasteiger partial charge in [0.25, 0.3) is 0 Å². The molecule has 2 heteroatoms. The van der Waals surface area contributed by atoms with Crippen LogP contribution >= 0.6 is 0 Å². The summed E-state index contributed by atoms with van der Waals surface area (Å²) in [4.78, 5) is 2.52. The zero-order valence-corrected chi connectivity index (χ0v) is 12.4. The summed E-state index contributed by atoms with van der Waals surface area (Å²) in [5, 5.41) is 3.48. The van der Waals surface area contributed by atoms with Gasteiger partial charge in [-0.3, -0.25) is 0 Å². The van der Waals surface area contributed by atoms with E-state index in [0.29, 0.717) is 18.1 Å². The highest BCUT2D eigenvalue weighted by Crippen LogP contribution is 2.13. The molecule has 0 rings (SSSR count). The fourth-order valence-electron chi connectivity index (χ4n) is 2.07. The molecule has 0 amide bonds. The molecule has 0 heterocycles. The molecule has 2 atom stereocenters. The molecule has 0 spiro atoms. The lowest BCUT2D eigenvalue weighted by Crippen LogP contribution is -2.39. The Morgan fingerprint density at radius 3 is 1.94 bits per heavy atom. The Hall–Kier alpha value is -0.0800. The summed E-state index contributed by atoms with van der Waals surface area (Å²) in [7, 11) is 2.26. The number of nitrogens with zero attached hydrogens (tertiary/aromatic N) is 1. The second-order valence-electron chi connectivity index (χ2n) is 5.89. The van der Waals surface area contributed by atoms with Gasteiger partial charge in [0, 0.05) is 18.1 Å². The quantitative estimate of drug-likeness (QED) is 0.686. The van der Waals surface area contributed by atoms with Crippen molar-refractivity contribution in [1.82, 2.24) is 10.2 Å². The fraction of sp³-hybridized carbons (Fsp3) is 1.00. The molecule has 0 fully saturated rings. The van der Waals surface area contributed by atoms with Crippen molar-refractivity contribution in [1.29, 1.82) is 0 Å². The molecule has 0 aromatic carbocycles. The van der Waals surface area contributed by atoms with Gasteiger partial charge in [-0.2, -0.15) is 0 Å². The van der Waals surface area contributed by atoms with E-state index in [1.54, 1.807) is 0 Å². The molecule has 0 saturated carbocycles. The fourth-order valence-corrected chi connectivity index (χ4v) is 2.07. The molecule has 98 valence electrons. The Labute approximate surface area is 103 Å². The van der Waals surface area contributed by atoms with Gasteiger partial charge in [-0.1, -0.05) is 27.7 Å². The smallest absolute Gasteiger partial charge is 0.00787 e. The van der Waals surface area contributed by atoms with Gasteiger partial charge < -0.3 is 10.2 Å². The third-order valence-electron chi connectivity index (χ3n) is 3.32. The maximum absolute atomic E-state index is 3.48. The Morgan fingerprint density at radius 1 is 0.938 bits per heavy atom. The van der Waals surface area contributed by atoms with Crippen molar-refractivity contribution in [2.24, 2.45) is 5.92 Å². The van der Waals surface area contributed by atoms with E-state index in [9.17, 15) is 0 Å². The van der Waals surface area contributed by atoms with Crippen molar-refractivity contribution in [2.45, 2.75) is 72.5 Å². The average molecular weight is 228 g/mol. The zero-order chi connectivity index (χ0) is 12.7. The van der Waals surface area contributed by atoms with Crippen LogP contribution in [0.25, 0.3) is 0 Å². The van der Waals surface area contributed by atoms with E-state index in [-0.39, 0.29) is 0 Å². The molecule has 2 nitrogen and oxygen atoms in total. The standard InChI is InChI=1S/C14H32N2/c1-11(2)10-14(6)16(7)13(5)8-9-15-12(3)4/h11-15H,8-10H2,1-7H3. The minimum absolute atomic E-state index is 0.602. The maximum atomic E-state index is 3.48. The van der Waals surface area contributed by atoms with E-state index in [1.165, 1.54) is 12.8 Å². The van der Waals surface area contributed by atoms with Crippen molar-refractivity contribution in [2.75, 3.05) is 13.6 Å². The average Bonchev–Trinajstić information content (AvgIpc) is 2.14. The third kappa shape index (κ3) is 7.24. The summed E-state index contributed by atoms with van der Waals surface area (Å²) in [5.41, 5.74) is 0. The lowest BCUT2D eigenvalue weighted by atomic mass is 10.0. The summed E-state index contributed by atoms with van der Waals surface area (Å²) >= 11 is 0. The van der Waals surface area contributed by atoms with Gasteiger partial charge in [0.05, 0.1) is 0 Å². The topological polar surface area (TPSA) is 15.3 Å². The predicted molar refractivity (Wildman–Crippen MR) is 73.9 cm³/mol. The molecular weight excluding hydrogens is 196 g/mol. The van der Waals surface area contributed by atoms with Crippen LogP contribution in [0, 0.1) is 5.92 Å². The summed E-state index contributed by atoms with van der Waals surface area (Å²) in [6, 6.07) is 1.96. The lowest BCUT2D eigenvalue weighted by molar-refractivity contribution is 0.167. The number of rotatable bonds is 8. The minimum atomic E-state index is 0.602. The molecule has 0 bridgehead atoms. The number of nitrogens with one attached hydrogen (secondary N) is 1. The van der Waals surface area contributed by atoms with Crippen LogP contribution in [-0.4, -0.2) is 36.6 Å². The van der Waals surface area contributed by atoms with Gasteiger partial charge in [-0.05, 0) is 46.2 Å². The third-order valence-corrected chi connectivity index (χ3v) is 3.32. The first-order valence-electron chi connectivity index (χ1n) is 6.79. The van der Waals surface area contributed by atoms with E-state index >= 15 is 0 Å². The van der Waals surface area contributed by atoms with Gasteiger partial charge >= 0.3 is 0 Å². The van der Waals surface area contributed by atoms with E-state index in [2.05, 4.69) is 58.8 Å². The first-order chi connectivity index (χ1) is 7.34. The Bertz CT molecular complexity index is 166. The molecule has 16 heavy (non-hydrogen) atoms. The molecule has 0 radical (unpaired) electrons. The SMILES string of the molecule is CC(C)CC(C)N(C)C(C)CCNC(C)C. The first kappa shape index (κ1) is 15.9. The van der Waals surface area contributed by atoms with Crippen molar-refractivity contribution in [3.05, 3.63) is 0 Å². The summed E-state index contributed by atoms with van der Waals surface area (Å²) in [6.45, 7) is 14.8. The van der Waals surface area contributed by atoms with Crippen LogP contribution in [-0.2, 0) is 0 Å². The van der Waals surface area contributed by atoms with Gasteiger partial charge in [0.15, 0.2) is 0 Å². The lowest BCUT2D eigenvalue weighted by Gasteiger charge is -2.32. The molecule has 0 aliphatic rings. The van der Waals surface area contributed by atoms with E-state index in [0.717, 1.165) is 12.5 Å². The van der Waals surface area contributed by atoms with E-state index < -0.39 is 0 Å². The van der Waals surface area contributed by atoms with Crippen LogP contribution in [0.4, 0.5) is 0 Å². The van der Waals surface area contributed by atoms with E-state index in [1.807, 2.05) is 0 Å². The van der Waals surface area contributed by atoms with Gasteiger partial charge in [-0.25, -0.2) is 0 Å². The Kier molecular flexibility index (Phi) is 8.04. The van der Waals surface area contributed by atoms with Crippen LogP contribution in [0.2, 0.25) is 0 Å². The van der Waals surface area contributed by atoms with Crippen LogP contribution in [0.15, 0.2) is 0 Å². The van der Waals surface area contributed by atoms with Crippen LogP contribution in [0.1, 0.15) is 54.4 Å². The van der Waals surface area contributed by atoms with Crippen molar-refractivity contribution in [3.63, 3.8) is 0 Å². The van der Waals surface area contributed by atoms with Crippen molar-refractivity contribution >= 4 is 0 Å². The van der Waals surface area contributed by atoms with Crippen LogP contribution in [0.3, 0.4) is 0 Å². The highest BCUT2D eigenvalue weighted by Gasteiger charge is 2.16. The number of hydrogen-bond acceptors (Lipinski definition) is 2. The van der Waals surface area contributed by atoms with Crippen LogP contribution < -0.4 is 5.32 Å². The summed E-state index contributed by atoms with van der Waals surface area (Å²) in [5.74, 6) is 0.790.